The SMILES string of the molecule is COC1OC(CN=[N+]=[N-])C(O)[C@H](OS(C)(=O)=O)C1NC(=O)c1ccccc1. The molecule has 1 amide bonds. The fourth-order valence-corrected chi connectivity index (χ4v) is 3.32. The molecule has 11 nitrogen and oxygen atoms in total. The van der Waals surface area contributed by atoms with E-state index in [-0.39, 0.29) is 6.54 Å². The molecule has 0 aliphatic carbocycles. The fourth-order valence-electron chi connectivity index (χ4n) is 2.68. The monoisotopic (exact) mass is 400 g/mol. The van der Waals surface area contributed by atoms with Crippen molar-refractivity contribution in [1.29, 1.82) is 0 Å². The summed E-state index contributed by atoms with van der Waals surface area (Å²) >= 11 is 0. The number of aliphatic hydroxyl groups is 1. The van der Waals surface area contributed by atoms with Crippen molar-refractivity contribution in [2.75, 3.05) is 19.9 Å². The van der Waals surface area contributed by atoms with Crippen molar-refractivity contribution in [3.05, 3.63) is 46.3 Å². The summed E-state index contributed by atoms with van der Waals surface area (Å²) in [6.07, 6.45) is -4.33. The molecule has 4 unspecified atom stereocenters. The highest BCUT2D eigenvalue weighted by Crippen LogP contribution is 2.26. The molecule has 0 aromatic heterocycles. The van der Waals surface area contributed by atoms with Gasteiger partial charge in [0, 0.05) is 17.6 Å². The zero-order valence-electron chi connectivity index (χ0n) is 14.6. The van der Waals surface area contributed by atoms with E-state index >= 15 is 0 Å². The minimum Gasteiger partial charge on any atom is -0.388 e. The molecule has 1 fully saturated rings. The lowest BCUT2D eigenvalue weighted by molar-refractivity contribution is -0.247. The fraction of sp³-hybridized carbons (Fsp3) is 0.533. The number of methoxy groups -OCH3 is 1. The summed E-state index contributed by atoms with van der Waals surface area (Å²) in [7, 11) is -2.71. The molecule has 2 N–H and O–H groups in total. The number of hydrogen-bond acceptors (Lipinski definition) is 8. The molecule has 1 aromatic carbocycles. The zero-order chi connectivity index (χ0) is 20.0. The van der Waals surface area contributed by atoms with E-state index in [1.54, 1.807) is 30.3 Å². The van der Waals surface area contributed by atoms with E-state index in [4.69, 9.17) is 19.2 Å². The Morgan fingerprint density at radius 3 is 2.63 bits per heavy atom. The van der Waals surface area contributed by atoms with Gasteiger partial charge in [-0.05, 0) is 17.7 Å². The molecule has 5 atom stereocenters. The van der Waals surface area contributed by atoms with Gasteiger partial charge in [0.25, 0.3) is 16.0 Å². The Hall–Kier alpha value is -2.21. The van der Waals surface area contributed by atoms with Crippen molar-refractivity contribution in [3.63, 3.8) is 0 Å². The zero-order valence-corrected chi connectivity index (χ0v) is 15.4. The van der Waals surface area contributed by atoms with Crippen LogP contribution in [0.25, 0.3) is 10.4 Å². The van der Waals surface area contributed by atoms with Crippen LogP contribution >= 0.6 is 0 Å². The number of rotatable bonds is 7. The minimum atomic E-state index is -3.99. The Morgan fingerprint density at radius 2 is 2.07 bits per heavy atom. The van der Waals surface area contributed by atoms with Crippen LogP contribution in [0.2, 0.25) is 0 Å². The lowest BCUT2D eigenvalue weighted by Crippen LogP contribution is -2.65. The lowest BCUT2D eigenvalue weighted by atomic mass is 9.96. The predicted octanol–water partition coefficient (Wildman–Crippen LogP) is 0.172. The van der Waals surface area contributed by atoms with Gasteiger partial charge in [-0.1, -0.05) is 23.3 Å². The highest BCUT2D eigenvalue weighted by molar-refractivity contribution is 7.86. The van der Waals surface area contributed by atoms with E-state index in [0.717, 1.165) is 6.26 Å². The molecule has 0 saturated carbocycles. The molecule has 1 aliphatic heterocycles. The summed E-state index contributed by atoms with van der Waals surface area (Å²) in [5.41, 5.74) is 8.78. The third kappa shape index (κ3) is 5.63. The van der Waals surface area contributed by atoms with Crippen molar-refractivity contribution in [1.82, 2.24) is 5.32 Å². The summed E-state index contributed by atoms with van der Waals surface area (Å²) in [4.78, 5) is 15.1. The summed E-state index contributed by atoms with van der Waals surface area (Å²) < 4.78 is 39.0. The van der Waals surface area contributed by atoms with Gasteiger partial charge >= 0.3 is 0 Å². The van der Waals surface area contributed by atoms with Gasteiger partial charge in [0.05, 0.1) is 18.9 Å². The molecule has 0 bridgehead atoms. The molecule has 148 valence electrons. The number of nitrogens with one attached hydrogen (secondary N) is 1. The highest BCUT2D eigenvalue weighted by atomic mass is 32.2. The van der Waals surface area contributed by atoms with E-state index < -0.39 is 46.7 Å². The largest absolute Gasteiger partial charge is 0.388 e. The smallest absolute Gasteiger partial charge is 0.264 e. The number of carbonyl (C=O) groups excluding carboxylic acids is 1. The maximum absolute atomic E-state index is 12.5. The topological polar surface area (TPSA) is 160 Å². The number of ether oxygens (including phenoxy) is 2. The van der Waals surface area contributed by atoms with Crippen LogP contribution in [0.4, 0.5) is 0 Å². The molecule has 27 heavy (non-hydrogen) atoms. The number of aliphatic hydroxyl groups excluding tert-OH is 1. The van der Waals surface area contributed by atoms with Crippen LogP contribution in [0.3, 0.4) is 0 Å². The Balaban J connectivity index is 2.31. The summed E-state index contributed by atoms with van der Waals surface area (Å²) in [5, 5.41) is 16.4. The molecule has 1 heterocycles. The lowest BCUT2D eigenvalue weighted by Gasteiger charge is -2.43. The minimum absolute atomic E-state index is 0.277. The predicted molar refractivity (Wildman–Crippen MR) is 93.1 cm³/mol. The maximum atomic E-state index is 12.5. The van der Waals surface area contributed by atoms with E-state index in [0.29, 0.717) is 5.56 Å². The second-order valence-electron chi connectivity index (χ2n) is 5.81. The third-order valence-corrected chi connectivity index (χ3v) is 4.42. The maximum Gasteiger partial charge on any atom is 0.264 e. The second kappa shape index (κ2) is 9.13. The molecule has 12 heteroatoms. The average molecular weight is 400 g/mol. The second-order valence-corrected chi connectivity index (χ2v) is 7.41. The third-order valence-electron chi connectivity index (χ3n) is 3.85. The number of carbonyl (C=O) groups is 1. The first-order valence-electron chi connectivity index (χ1n) is 7.88. The van der Waals surface area contributed by atoms with Crippen molar-refractivity contribution in [2.24, 2.45) is 5.11 Å². The van der Waals surface area contributed by atoms with E-state index in [2.05, 4.69) is 15.3 Å². The Morgan fingerprint density at radius 1 is 1.41 bits per heavy atom. The van der Waals surface area contributed by atoms with Crippen molar-refractivity contribution in [3.8, 4) is 0 Å². The first kappa shape index (κ1) is 21.1. The number of amides is 1. The molecular formula is C15H20N4O7S. The van der Waals surface area contributed by atoms with Crippen molar-refractivity contribution in [2.45, 2.75) is 30.6 Å². The summed E-state index contributed by atoms with van der Waals surface area (Å²) in [5.74, 6) is -0.533. The van der Waals surface area contributed by atoms with Gasteiger partial charge in [-0.3, -0.25) is 8.98 Å². The number of hydrogen-bond donors (Lipinski definition) is 2. The Labute approximate surface area is 156 Å². The molecule has 0 radical (unpaired) electrons. The first-order valence-corrected chi connectivity index (χ1v) is 9.70. The highest BCUT2D eigenvalue weighted by Gasteiger charge is 2.48. The summed E-state index contributed by atoms with van der Waals surface area (Å²) in [6.45, 7) is -0.277. The molecular weight excluding hydrogens is 380 g/mol. The van der Waals surface area contributed by atoms with Crippen LogP contribution in [0, 0.1) is 0 Å². The van der Waals surface area contributed by atoms with Crippen LogP contribution in [0.15, 0.2) is 35.4 Å². The van der Waals surface area contributed by atoms with E-state index in [9.17, 15) is 18.3 Å². The normalized spacial score (nSPS) is 28.2. The summed E-state index contributed by atoms with van der Waals surface area (Å²) in [6, 6.07) is 7.04. The number of benzene rings is 1. The van der Waals surface area contributed by atoms with E-state index in [1.807, 2.05) is 0 Å². The standard InChI is InChI=1S/C15H20N4O7S/c1-24-15-11(18-14(21)9-6-4-3-5-7-9)13(26-27(2,22)23)12(20)10(25-15)8-17-19-16/h3-7,10-13,15,20H,8H2,1-2H3,(H,18,21)/t10?,11?,12?,13-,15?/m1/s1. The van der Waals surface area contributed by atoms with Gasteiger partial charge in [0.2, 0.25) is 0 Å². The molecule has 1 saturated heterocycles. The molecule has 1 aromatic rings. The Bertz CT molecular complexity index is 798. The van der Waals surface area contributed by atoms with E-state index in [1.165, 1.54) is 7.11 Å². The van der Waals surface area contributed by atoms with Gasteiger partial charge in [-0.2, -0.15) is 8.42 Å². The van der Waals surface area contributed by atoms with Crippen molar-refractivity contribution < 1.29 is 32.0 Å². The number of azide groups is 1. The first-order chi connectivity index (χ1) is 12.8. The molecule has 1 aliphatic rings. The molecule has 2 rings (SSSR count). The van der Waals surface area contributed by atoms with Crippen LogP contribution < -0.4 is 5.32 Å². The van der Waals surface area contributed by atoms with Gasteiger partial charge in [0.15, 0.2) is 6.29 Å². The Kier molecular flexibility index (Phi) is 7.13. The van der Waals surface area contributed by atoms with Gasteiger partial charge in [0.1, 0.15) is 18.2 Å². The van der Waals surface area contributed by atoms with Crippen molar-refractivity contribution >= 4 is 16.0 Å². The number of nitrogens with zero attached hydrogens (tertiary/aromatic N) is 3. The van der Waals surface area contributed by atoms with Crippen LogP contribution in [-0.2, 0) is 23.8 Å². The molecule has 0 spiro atoms. The van der Waals surface area contributed by atoms with Gasteiger partial charge < -0.3 is 19.9 Å². The average Bonchev–Trinajstić information content (AvgIpc) is 2.63. The van der Waals surface area contributed by atoms with Crippen LogP contribution in [-0.4, -0.2) is 70.0 Å². The van der Waals surface area contributed by atoms with Gasteiger partial charge in [-0.25, -0.2) is 0 Å². The van der Waals surface area contributed by atoms with Crippen LogP contribution in [0.5, 0.6) is 0 Å². The van der Waals surface area contributed by atoms with Gasteiger partial charge in [-0.15, -0.1) is 0 Å². The quantitative estimate of drug-likeness (QED) is 0.285. The van der Waals surface area contributed by atoms with Crippen LogP contribution in [0.1, 0.15) is 10.4 Å².